The van der Waals surface area contributed by atoms with E-state index in [0.717, 1.165) is 11.1 Å². The van der Waals surface area contributed by atoms with E-state index in [2.05, 4.69) is 15.5 Å². The molecule has 0 bridgehead atoms. The van der Waals surface area contributed by atoms with Crippen LogP contribution in [0.25, 0.3) is 6.08 Å². The van der Waals surface area contributed by atoms with E-state index in [1.807, 2.05) is 42.5 Å². The van der Waals surface area contributed by atoms with E-state index in [-0.39, 0.29) is 12.7 Å². The number of nitrogens with zero attached hydrogens (tertiary/aromatic N) is 2. The minimum absolute atomic E-state index is 0.222. The van der Waals surface area contributed by atoms with Crippen LogP contribution in [0.3, 0.4) is 0 Å². The predicted molar refractivity (Wildman–Crippen MR) is 98.5 cm³/mol. The number of hydrogen-bond donors (Lipinski definition) is 1. The number of carbonyl (C=O) groups is 1. The third-order valence-corrected chi connectivity index (χ3v) is 4.01. The first kappa shape index (κ1) is 16.8. The van der Waals surface area contributed by atoms with Crippen LogP contribution in [0.5, 0.6) is 11.5 Å². The lowest BCUT2D eigenvalue weighted by atomic mass is 10.1. The molecule has 2 aromatic carbocycles. The Hall–Kier alpha value is -3.61. The van der Waals surface area contributed by atoms with Gasteiger partial charge in [-0.05, 0) is 42.3 Å². The quantitative estimate of drug-likeness (QED) is 0.700. The maximum absolute atomic E-state index is 12.3. The first-order chi connectivity index (χ1) is 13.2. The summed E-state index contributed by atoms with van der Waals surface area (Å²) in [6.45, 7) is 1.99. The number of hydrogen-bond acceptors (Lipinski definition) is 6. The van der Waals surface area contributed by atoms with Crippen molar-refractivity contribution in [3.05, 3.63) is 71.4 Å². The summed E-state index contributed by atoms with van der Waals surface area (Å²) in [7, 11) is 0. The largest absolute Gasteiger partial charge is 0.454 e. The van der Waals surface area contributed by atoms with E-state index < -0.39 is 0 Å². The van der Waals surface area contributed by atoms with Crippen LogP contribution >= 0.6 is 0 Å². The molecule has 0 unspecified atom stereocenters. The van der Waals surface area contributed by atoms with Gasteiger partial charge in [0.25, 0.3) is 0 Å². The van der Waals surface area contributed by atoms with Gasteiger partial charge in [-0.25, -0.2) is 0 Å². The molecule has 0 saturated heterocycles. The number of aryl methyl sites for hydroxylation is 1. The Balaban J connectivity index is 1.45. The summed E-state index contributed by atoms with van der Waals surface area (Å²) in [5.74, 6) is 2.24. The molecule has 4 rings (SSSR count). The lowest BCUT2D eigenvalue weighted by Crippen LogP contribution is -2.10. The van der Waals surface area contributed by atoms with Gasteiger partial charge in [-0.1, -0.05) is 29.4 Å². The summed E-state index contributed by atoms with van der Waals surface area (Å²) >= 11 is 0. The summed E-state index contributed by atoms with van der Waals surface area (Å²) in [5, 5.41) is 6.68. The summed E-state index contributed by atoms with van der Waals surface area (Å²) in [4.78, 5) is 16.5. The van der Waals surface area contributed by atoms with Gasteiger partial charge in [-0.2, -0.15) is 4.98 Å². The zero-order valence-electron chi connectivity index (χ0n) is 14.6. The SMILES string of the molecule is Cc1noc(Cc2ccccc2NC(=O)C=Cc2ccc3c(c2)OCO3)n1. The Morgan fingerprint density at radius 2 is 2.04 bits per heavy atom. The molecule has 0 fully saturated rings. The van der Waals surface area contributed by atoms with Crippen molar-refractivity contribution in [2.45, 2.75) is 13.3 Å². The van der Waals surface area contributed by atoms with Crippen molar-refractivity contribution in [2.24, 2.45) is 0 Å². The Morgan fingerprint density at radius 3 is 2.89 bits per heavy atom. The maximum Gasteiger partial charge on any atom is 0.248 e. The topological polar surface area (TPSA) is 86.5 Å². The van der Waals surface area contributed by atoms with Gasteiger partial charge in [0.15, 0.2) is 17.3 Å². The average Bonchev–Trinajstić information content (AvgIpc) is 3.30. The van der Waals surface area contributed by atoms with E-state index in [4.69, 9.17) is 14.0 Å². The fraction of sp³-hybridized carbons (Fsp3) is 0.150. The maximum atomic E-state index is 12.3. The minimum Gasteiger partial charge on any atom is -0.454 e. The summed E-state index contributed by atoms with van der Waals surface area (Å²) in [6, 6.07) is 13.0. The van der Waals surface area contributed by atoms with E-state index in [0.29, 0.717) is 35.3 Å². The van der Waals surface area contributed by atoms with Gasteiger partial charge in [0.1, 0.15) is 0 Å². The summed E-state index contributed by atoms with van der Waals surface area (Å²) < 4.78 is 15.8. The van der Waals surface area contributed by atoms with Gasteiger partial charge >= 0.3 is 0 Å². The molecule has 0 atom stereocenters. The third-order valence-electron chi connectivity index (χ3n) is 4.01. The van der Waals surface area contributed by atoms with Crippen molar-refractivity contribution in [1.29, 1.82) is 0 Å². The number of para-hydroxylation sites is 1. The van der Waals surface area contributed by atoms with Gasteiger partial charge in [0.05, 0.1) is 6.42 Å². The number of ether oxygens (including phenoxy) is 2. The minimum atomic E-state index is -0.234. The number of nitrogens with one attached hydrogen (secondary N) is 1. The molecule has 7 nitrogen and oxygen atoms in total. The van der Waals surface area contributed by atoms with Crippen molar-refractivity contribution < 1.29 is 18.8 Å². The molecule has 0 radical (unpaired) electrons. The van der Waals surface area contributed by atoms with Gasteiger partial charge in [0.2, 0.25) is 18.6 Å². The molecular weight excluding hydrogens is 346 g/mol. The number of rotatable bonds is 5. The average molecular weight is 363 g/mol. The van der Waals surface area contributed by atoms with E-state index in [9.17, 15) is 4.79 Å². The Kier molecular flexibility index (Phi) is 4.57. The van der Waals surface area contributed by atoms with Gasteiger partial charge in [0, 0.05) is 11.8 Å². The molecule has 1 aromatic heterocycles. The molecule has 1 amide bonds. The van der Waals surface area contributed by atoms with Gasteiger partial charge < -0.3 is 19.3 Å². The molecule has 0 saturated carbocycles. The first-order valence-corrected chi connectivity index (χ1v) is 8.43. The molecule has 0 spiro atoms. The van der Waals surface area contributed by atoms with Crippen molar-refractivity contribution in [3.8, 4) is 11.5 Å². The van der Waals surface area contributed by atoms with Crippen molar-refractivity contribution in [1.82, 2.24) is 10.1 Å². The molecule has 3 aromatic rings. The highest BCUT2D eigenvalue weighted by molar-refractivity contribution is 6.02. The molecular formula is C20H17N3O4. The molecule has 136 valence electrons. The Bertz CT molecular complexity index is 1010. The smallest absolute Gasteiger partial charge is 0.248 e. The standard InChI is InChI=1S/C20H17N3O4/c1-13-21-20(27-23-13)11-15-4-2-3-5-16(15)22-19(24)9-7-14-6-8-17-18(10-14)26-12-25-17/h2-10H,11-12H2,1H3,(H,22,24). The van der Waals surface area contributed by atoms with Crippen LogP contribution < -0.4 is 14.8 Å². The highest BCUT2D eigenvalue weighted by Crippen LogP contribution is 2.32. The van der Waals surface area contributed by atoms with Crippen LogP contribution in [-0.4, -0.2) is 22.8 Å². The summed E-state index contributed by atoms with van der Waals surface area (Å²) in [5.41, 5.74) is 2.45. The third kappa shape index (κ3) is 3.98. The second kappa shape index (κ2) is 7.33. The molecule has 0 aliphatic carbocycles. The van der Waals surface area contributed by atoms with Crippen LogP contribution in [0.15, 0.2) is 53.1 Å². The molecule has 1 aliphatic heterocycles. The van der Waals surface area contributed by atoms with Crippen molar-refractivity contribution in [2.75, 3.05) is 12.1 Å². The first-order valence-electron chi connectivity index (χ1n) is 8.43. The monoisotopic (exact) mass is 363 g/mol. The molecule has 1 aliphatic rings. The zero-order chi connectivity index (χ0) is 18.6. The fourth-order valence-electron chi connectivity index (χ4n) is 2.73. The van der Waals surface area contributed by atoms with E-state index in [1.165, 1.54) is 6.08 Å². The Morgan fingerprint density at radius 1 is 1.19 bits per heavy atom. The number of fused-ring (bicyclic) bond motifs is 1. The fourth-order valence-corrected chi connectivity index (χ4v) is 2.73. The highest BCUT2D eigenvalue weighted by Gasteiger charge is 2.13. The molecule has 27 heavy (non-hydrogen) atoms. The number of aromatic nitrogens is 2. The van der Waals surface area contributed by atoms with Crippen LogP contribution in [0, 0.1) is 6.92 Å². The number of benzene rings is 2. The lowest BCUT2D eigenvalue weighted by molar-refractivity contribution is -0.111. The second-order valence-electron chi connectivity index (χ2n) is 6.00. The van der Waals surface area contributed by atoms with Crippen molar-refractivity contribution in [3.63, 3.8) is 0 Å². The lowest BCUT2D eigenvalue weighted by Gasteiger charge is -2.08. The molecule has 7 heteroatoms. The van der Waals surface area contributed by atoms with E-state index >= 15 is 0 Å². The predicted octanol–water partition coefficient (Wildman–Crippen LogP) is 3.35. The van der Waals surface area contributed by atoms with Crippen LogP contribution in [0.1, 0.15) is 22.8 Å². The summed E-state index contributed by atoms with van der Waals surface area (Å²) in [6.07, 6.45) is 3.65. The van der Waals surface area contributed by atoms with E-state index in [1.54, 1.807) is 13.0 Å². The molecule has 2 heterocycles. The van der Waals surface area contributed by atoms with Gasteiger partial charge in [-0.3, -0.25) is 4.79 Å². The molecule has 1 N–H and O–H groups in total. The second-order valence-corrected chi connectivity index (χ2v) is 6.00. The highest BCUT2D eigenvalue weighted by atomic mass is 16.7. The number of anilines is 1. The van der Waals surface area contributed by atoms with Crippen LogP contribution in [0.4, 0.5) is 5.69 Å². The zero-order valence-corrected chi connectivity index (χ0v) is 14.6. The van der Waals surface area contributed by atoms with Crippen molar-refractivity contribution >= 4 is 17.7 Å². The van der Waals surface area contributed by atoms with Crippen LogP contribution in [-0.2, 0) is 11.2 Å². The normalized spacial score (nSPS) is 12.5. The number of carbonyl (C=O) groups excluding carboxylic acids is 1. The number of amides is 1. The Labute approximate surface area is 155 Å². The van der Waals surface area contributed by atoms with Crippen LogP contribution in [0.2, 0.25) is 0 Å². The van der Waals surface area contributed by atoms with Gasteiger partial charge in [-0.15, -0.1) is 0 Å².